The summed E-state index contributed by atoms with van der Waals surface area (Å²) in [5.74, 6) is 2.40. The molecule has 0 saturated heterocycles. The molecule has 0 aliphatic carbocycles. The van der Waals surface area contributed by atoms with Crippen molar-refractivity contribution in [3.05, 3.63) is 35.4 Å². The minimum atomic E-state index is 1.20. The monoisotopic (exact) mass is 182 g/mol. The Morgan fingerprint density at radius 1 is 0.909 bits per heavy atom. The van der Waals surface area contributed by atoms with E-state index in [0.717, 1.165) is 0 Å². The molecule has 1 aromatic carbocycles. The lowest BCUT2D eigenvalue weighted by atomic mass is 10.1. The van der Waals surface area contributed by atoms with Gasteiger partial charge in [-0.25, -0.2) is 0 Å². The molecule has 1 heterocycles. The molecule has 1 aliphatic heterocycles. The van der Waals surface area contributed by atoms with E-state index in [9.17, 15) is 0 Å². The van der Waals surface area contributed by atoms with Crippen LogP contribution in [0.15, 0.2) is 24.3 Å². The first-order valence-corrected chi connectivity index (χ1v) is 6.00. The Morgan fingerprint density at radius 2 is 1.45 bits per heavy atom. The number of fused-ring (bicyclic) bond motifs is 1. The van der Waals surface area contributed by atoms with Crippen molar-refractivity contribution in [2.75, 3.05) is 5.08 Å². The third-order valence-electron chi connectivity index (χ3n) is 1.80. The highest BCUT2D eigenvalue weighted by Crippen LogP contribution is 2.28. The lowest BCUT2D eigenvalue weighted by Crippen LogP contribution is -1.85. The van der Waals surface area contributed by atoms with Crippen molar-refractivity contribution in [1.29, 1.82) is 0 Å². The van der Waals surface area contributed by atoms with Gasteiger partial charge in [0.2, 0.25) is 0 Å². The van der Waals surface area contributed by atoms with Crippen LogP contribution in [0.1, 0.15) is 11.1 Å². The van der Waals surface area contributed by atoms with Gasteiger partial charge < -0.3 is 0 Å². The molecule has 0 amide bonds. The molecule has 0 atom stereocenters. The zero-order chi connectivity index (χ0) is 7.52. The van der Waals surface area contributed by atoms with Gasteiger partial charge in [-0.05, 0) is 11.1 Å². The normalized spacial score (nSPS) is 17.1. The molecule has 1 aliphatic rings. The summed E-state index contributed by atoms with van der Waals surface area (Å²) in [6, 6.07) is 8.76. The van der Waals surface area contributed by atoms with Gasteiger partial charge in [0.1, 0.15) is 0 Å². The second kappa shape index (κ2) is 3.55. The molecule has 0 saturated carbocycles. The predicted molar refractivity (Wildman–Crippen MR) is 53.9 cm³/mol. The summed E-state index contributed by atoms with van der Waals surface area (Å²) in [6.07, 6.45) is 0. The van der Waals surface area contributed by atoms with Crippen molar-refractivity contribution >= 4 is 23.5 Å². The van der Waals surface area contributed by atoms with Crippen LogP contribution < -0.4 is 0 Å². The Labute approximate surface area is 75.8 Å². The Balaban J connectivity index is 2.33. The van der Waals surface area contributed by atoms with Gasteiger partial charge in [-0.1, -0.05) is 24.3 Å². The van der Waals surface area contributed by atoms with Crippen LogP contribution in [0.5, 0.6) is 0 Å². The summed E-state index contributed by atoms with van der Waals surface area (Å²) in [7, 11) is 0. The largest absolute Gasteiger partial charge is 0.146 e. The Bertz CT molecular complexity index is 220. The first-order chi connectivity index (χ1) is 5.47. The molecule has 0 bridgehead atoms. The fourth-order valence-corrected chi connectivity index (χ4v) is 3.34. The summed E-state index contributed by atoms with van der Waals surface area (Å²) >= 11 is 4.04. The summed E-state index contributed by atoms with van der Waals surface area (Å²) in [5, 5.41) is 1.24. The van der Waals surface area contributed by atoms with Crippen LogP contribution in [0, 0.1) is 0 Å². The van der Waals surface area contributed by atoms with Gasteiger partial charge in [-0.15, -0.1) is 23.5 Å². The topological polar surface area (TPSA) is 0 Å². The predicted octanol–water partition coefficient (Wildman–Crippen LogP) is 3.12. The third-order valence-corrected chi connectivity index (χ3v) is 4.16. The standard InChI is InChI=1S/C9H10S2/c1-2-4-9-6-11-7-10-5-8(9)3-1/h1-4H,5-7H2. The van der Waals surface area contributed by atoms with Crippen molar-refractivity contribution in [2.45, 2.75) is 11.5 Å². The molecule has 0 fully saturated rings. The molecule has 0 aromatic heterocycles. The molecule has 2 heteroatoms. The lowest BCUT2D eigenvalue weighted by Gasteiger charge is -2.01. The Kier molecular flexibility index (Phi) is 2.44. The van der Waals surface area contributed by atoms with Gasteiger partial charge >= 0.3 is 0 Å². The maximum atomic E-state index is 2.24. The van der Waals surface area contributed by atoms with E-state index in [4.69, 9.17) is 0 Å². The second-order valence-electron chi connectivity index (χ2n) is 2.58. The van der Waals surface area contributed by atoms with Crippen LogP contribution in [0.4, 0.5) is 0 Å². The van der Waals surface area contributed by atoms with E-state index in [1.54, 1.807) is 0 Å². The molecule has 0 radical (unpaired) electrons. The zero-order valence-corrected chi connectivity index (χ0v) is 7.88. The highest BCUT2D eigenvalue weighted by atomic mass is 32.2. The average molecular weight is 182 g/mol. The van der Waals surface area contributed by atoms with Crippen molar-refractivity contribution < 1.29 is 0 Å². The van der Waals surface area contributed by atoms with E-state index in [-0.39, 0.29) is 0 Å². The van der Waals surface area contributed by atoms with E-state index >= 15 is 0 Å². The summed E-state index contributed by atoms with van der Waals surface area (Å²) in [6.45, 7) is 0. The van der Waals surface area contributed by atoms with Crippen LogP contribution >= 0.6 is 23.5 Å². The first kappa shape index (κ1) is 7.56. The van der Waals surface area contributed by atoms with Crippen LogP contribution in [0.3, 0.4) is 0 Å². The molecule has 0 unspecified atom stereocenters. The number of hydrogen-bond donors (Lipinski definition) is 0. The average Bonchev–Trinajstić information content (AvgIpc) is 2.28. The Morgan fingerprint density at radius 3 is 2.00 bits per heavy atom. The third kappa shape index (κ3) is 1.74. The summed E-state index contributed by atoms with van der Waals surface area (Å²) < 4.78 is 0. The van der Waals surface area contributed by atoms with Crippen LogP contribution in [-0.2, 0) is 11.5 Å². The minimum Gasteiger partial charge on any atom is -0.146 e. The van der Waals surface area contributed by atoms with E-state index in [1.165, 1.54) is 27.7 Å². The van der Waals surface area contributed by atoms with Crippen LogP contribution in [0.25, 0.3) is 0 Å². The molecular formula is C9H10S2. The zero-order valence-electron chi connectivity index (χ0n) is 6.25. The molecule has 0 N–H and O–H groups in total. The van der Waals surface area contributed by atoms with E-state index in [1.807, 2.05) is 23.5 Å². The van der Waals surface area contributed by atoms with E-state index in [2.05, 4.69) is 24.3 Å². The van der Waals surface area contributed by atoms with Gasteiger partial charge in [0.25, 0.3) is 0 Å². The smallest absolute Gasteiger partial charge is 0.0398 e. The van der Waals surface area contributed by atoms with Gasteiger partial charge in [0.15, 0.2) is 0 Å². The fraction of sp³-hybridized carbons (Fsp3) is 0.333. The number of rotatable bonds is 0. The number of hydrogen-bond acceptors (Lipinski definition) is 2. The fourth-order valence-electron chi connectivity index (χ4n) is 1.20. The Hall–Kier alpha value is -0.0800. The SMILES string of the molecule is c1ccc2c(c1)CSCSC2. The molecule has 2 rings (SSSR count). The van der Waals surface area contributed by atoms with Crippen molar-refractivity contribution in [3.63, 3.8) is 0 Å². The number of thioether (sulfide) groups is 2. The highest BCUT2D eigenvalue weighted by molar-refractivity contribution is 8.15. The summed E-state index contributed by atoms with van der Waals surface area (Å²) in [4.78, 5) is 0. The van der Waals surface area contributed by atoms with Gasteiger partial charge in [-0.3, -0.25) is 0 Å². The maximum absolute atomic E-state index is 2.24. The quantitative estimate of drug-likeness (QED) is 0.604. The van der Waals surface area contributed by atoms with Crippen LogP contribution in [0.2, 0.25) is 0 Å². The lowest BCUT2D eigenvalue weighted by molar-refractivity contribution is 1.29. The van der Waals surface area contributed by atoms with E-state index in [0.29, 0.717) is 0 Å². The summed E-state index contributed by atoms with van der Waals surface area (Å²) in [5.41, 5.74) is 3.06. The van der Waals surface area contributed by atoms with Crippen LogP contribution in [-0.4, -0.2) is 5.08 Å². The molecule has 58 valence electrons. The highest BCUT2D eigenvalue weighted by Gasteiger charge is 2.05. The molecule has 0 spiro atoms. The van der Waals surface area contributed by atoms with Gasteiger partial charge in [0, 0.05) is 16.6 Å². The van der Waals surface area contributed by atoms with Crippen molar-refractivity contribution in [3.8, 4) is 0 Å². The van der Waals surface area contributed by atoms with Crippen molar-refractivity contribution in [1.82, 2.24) is 0 Å². The van der Waals surface area contributed by atoms with Crippen molar-refractivity contribution in [2.24, 2.45) is 0 Å². The minimum absolute atomic E-state index is 1.20. The van der Waals surface area contributed by atoms with Gasteiger partial charge in [0.05, 0.1) is 0 Å². The second-order valence-corrected chi connectivity index (χ2v) is 4.92. The first-order valence-electron chi connectivity index (χ1n) is 3.69. The van der Waals surface area contributed by atoms with Gasteiger partial charge in [-0.2, -0.15) is 0 Å². The molecule has 1 aromatic rings. The maximum Gasteiger partial charge on any atom is 0.0398 e. The number of benzene rings is 1. The van der Waals surface area contributed by atoms with E-state index < -0.39 is 0 Å². The molecular weight excluding hydrogens is 172 g/mol. The molecule has 11 heavy (non-hydrogen) atoms. The molecule has 0 nitrogen and oxygen atoms in total.